The molecule has 1 saturated heterocycles. The fourth-order valence-electron chi connectivity index (χ4n) is 2.59. The molecule has 0 atom stereocenters. The molecule has 1 aliphatic heterocycles. The first-order valence-electron chi connectivity index (χ1n) is 7.60. The van der Waals surface area contributed by atoms with E-state index in [1.54, 1.807) is 23.1 Å². The van der Waals surface area contributed by atoms with Crippen LogP contribution in [0.15, 0.2) is 30.3 Å². The molecular formula is C17H19F2NO4. The molecule has 130 valence electrons. The van der Waals surface area contributed by atoms with Crippen LogP contribution in [0.25, 0.3) is 6.08 Å². The van der Waals surface area contributed by atoms with E-state index in [4.69, 9.17) is 4.74 Å². The molecule has 1 heterocycles. The van der Waals surface area contributed by atoms with Gasteiger partial charge in [0, 0.05) is 24.7 Å². The molecule has 1 amide bonds. The van der Waals surface area contributed by atoms with Crippen LogP contribution >= 0.6 is 0 Å². The molecule has 2 rings (SSSR count). The summed E-state index contributed by atoms with van der Waals surface area (Å²) in [5, 5.41) is 0. The zero-order valence-corrected chi connectivity index (χ0v) is 13.3. The van der Waals surface area contributed by atoms with Crippen molar-refractivity contribution in [3.8, 4) is 5.75 Å². The Kier molecular flexibility index (Phi) is 6.28. The molecule has 1 fully saturated rings. The number of likely N-dealkylation sites (tertiary alicyclic amines) is 1. The highest BCUT2D eigenvalue weighted by atomic mass is 19.3. The lowest BCUT2D eigenvalue weighted by Gasteiger charge is -2.29. The molecule has 0 aliphatic carbocycles. The summed E-state index contributed by atoms with van der Waals surface area (Å²) in [6.07, 6.45) is 3.88. The molecule has 7 heteroatoms. The monoisotopic (exact) mass is 339 g/mol. The second kappa shape index (κ2) is 8.42. The smallest absolute Gasteiger partial charge is 0.387 e. The molecule has 0 aromatic heterocycles. The predicted molar refractivity (Wildman–Crippen MR) is 83.4 cm³/mol. The van der Waals surface area contributed by atoms with Gasteiger partial charge in [-0.05, 0) is 25.0 Å². The van der Waals surface area contributed by atoms with Crippen LogP contribution in [0.4, 0.5) is 8.78 Å². The number of carbonyl (C=O) groups is 2. The fraction of sp³-hybridized carbons (Fsp3) is 0.412. The lowest BCUT2D eigenvalue weighted by molar-refractivity contribution is -0.148. The first-order valence-corrected chi connectivity index (χ1v) is 7.60. The Labute approximate surface area is 138 Å². The third-order valence-corrected chi connectivity index (χ3v) is 3.88. The Morgan fingerprint density at radius 2 is 1.92 bits per heavy atom. The van der Waals surface area contributed by atoms with Crippen molar-refractivity contribution in [1.29, 1.82) is 0 Å². The van der Waals surface area contributed by atoms with E-state index in [1.807, 2.05) is 0 Å². The number of para-hydroxylation sites is 1. The maximum Gasteiger partial charge on any atom is 0.387 e. The number of benzene rings is 1. The van der Waals surface area contributed by atoms with Crippen LogP contribution < -0.4 is 4.74 Å². The number of hydrogen-bond acceptors (Lipinski definition) is 4. The zero-order chi connectivity index (χ0) is 17.5. The normalized spacial score (nSPS) is 15.8. The number of amides is 1. The van der Waals surface area contributed by atoms with Gasteiger partial charge >= 0.3 is 12.6 Å². The standard InChI is InChI=1S/C17H19F2NO4/c1-23-16(22)13-8-10-20(11-9-13)15(21)7-6-12-4-2-3-5-14(12)24-17(18)19/h2-7,13,17H,8-11H2,1H3/b7-6+. The zero-order valence-electron chi connectivity index (χ0n) is 13.3. The second-order valence-electron chi connectivity index (χ2n) is 5.37. The highest BCUT2D eigenvalue weighted by Crippen LogP contribution is 2.22. The van der Waals surface area contributed by atoms with Crippen LogP contribution in [0, 0.1) is 5.92 Å². The number of piperidine rings is 1. The molecule has 0 radical (unpaired) electrons. The summed E-state index contributed by atoms with van der Waals surface area (Å²) in [5.41, 5.74) is 0.399. The summed E-state index contributed by atoms with van der Waals surface area (Å²) in [4.78, 5) is 25.3. The van der Waals surface area contributed by atoms with E-state index in [0.717, 1.165) is 0 Å². The van der Waals surface area contributed by atoms with Crippen LogP contribution in [0.1, 0.15) is 18.4 Å². The van der Waals surface area contributed by atoms with Gasteiger partial charge in [0.15, 0.2) is 0 Å². The van der Waals surface area contributed by atoms with Crippen molar-refractivity contribution in [2.45, 2.75) is 19.5 Å². The molecule has 0 spiro atoms. The summed E-state index contributed by atoms with van der Waals surface area (Å²) < 4.78 is 33.8. The predicted octanol–water partition coefficient (Wildman–Crippen LogP) is 2.71. The minimum atomic E-state index is -2.92. The van der Waals surface area contributed by atoms with Gasteiger partial charge in [-0.15, -0.1) is 0 Å². The molecule has 24 heavy (non-hydrogen) atoms. The Bertz CT molecular complexity index is 610. The molecule has 1 aliphatic rings. The van der Waals surface area contributed by atoms with Gasteiger partial charge in [-0.1, -0.05) is 18.2 Å². The number of hydrogen-bond donors (Lipinski definition) is 0. The van der Waals surface area contributed by atoms with Crippen molar-refractivity contribution in [3.05, 3.63) is 35.9 Å². The number of carbonyl (C=O) groups excluding carboxylic acids is 2. The molecule has 5 nitrogen and oxygen atoms in total. The largest absolute Gasteiger partial charge is 0.469 e. The van der Waals surface area contributed by atoms with Crippen LogP contribution in [-0.4, -0.2) is 43.6 Å². The fourth-order valence-corrected chi connectivity index (χ4v) is 2.59. The van der Waals surface area contributed by atoms with Crippen LogP contribution in [0.3, 0.4) is 0 Å². The Morgan fingerprint density at radius 3 is 2.54 bits per heavy atom. The summed E-state index contributed by atoms with van der Waals surface area (Å²) in [5.74, 6) is -0.648. The molecule has 0 bridgehead atoms. The van der Waals surface area contributed by atoms with Gasteiger partial charge < -0.3 is 14.4 Å². The number of halogens is 2. The van der Waals surface area contributed by atoms with Crippen molar-refractivity contribution in [1.82, 2.24) is 4.90 Å². The molecular weight excluding hydrogens is 320 g/mol. The SMILES string of the molecule is COC(=O)C1CCN(C(=O)/C=C/c2ccccc2OC(F)F)CC1. The lowest BCUT2D eigenvalue weighted by atomic mass is 9.97. The first-order chi connectivity index (χ1) is 11.5. The van der Waals surface area contributed by atoms with E-state index in [2.05, 4.69) is 4.74 Å². The van der Waals surface area contributed by atoms with E-state index >= 15 is 0 Å². The van der Waals surface area contributed by atoms with Gasteiger partial charge in [0.2, 0.25) is 5.91 Å². The molecule has 0 saturated carbocycles. The maximum atomic E-state index is 12.4. The molecule has 0 unspecified atom stereocenters. The Morgan fingerprint density at radius 1 is 1.25 bits per heavy atom. The number of esters is 1. The molecule has 1 aromatic carbocycles. The van der Waals surface area contributed by atoms with Gasteiger partial charge in [0.25, 0.3) is 0 Å². The summed E-state index contributed by atoms with van der Waals surface area (Å²) in [7, 11) is 1.35. The highest BCUT2D eigenvalue weighted by molar-refractivity contribution is 5.92. The van der Waals surface area contributed by atoms with Gasteiger partial charge in [0.1, 0.15) is 5.75 Å². The number of alkyl halides is 2. The van der Waals surface area contributed by atoms with E-state index < -0.39 is 6.61 Å². The van der Waals surface area contributed by atoms with Gasteiger partial charge in [0.05, 0.1) is 13.0 Å². The minimum Gasteiger partial charge on any atom is -0.469 e. The molecule has 0 N–H and O–H groups in total. The van der Waals surface area contributed by atoms with Crippen molar-refractivity contribution in [3.63, 3.8) is 0 Å². The number of ether oxygens (including phenoxy) is 2. The van der Waals surface area contributed by atoms with Gasteiger partial charge in [-0.2, -0.15) is 8.78 Å². The third-order valence-electron chi connectivity index (χ3n) is 3.88. The maximum absolute atomic E-state index is 12.4. The summed E-state index contributed by atoms with van der Waals surface area (Å²) >= 11 is 0. The Hall–Kier alpha value is -2.44. The third kappa shape index (κ3) is 4.78. The van der Waals surface area contributed by atoms with Crippen LogP contribution in [0.2, 0.25) is 0 Å². The topological polar surface area (TPSA) is 55.8 Å². The van der Waals surface area contributed by atoms with Crippen molar-refractivity contribution < 1.29 is 27.8 Å². The summed E-state index contributed by atoms with van der Waals surface area (Å²) in [6, 6.07) is 6.25. The van der Waals surface area contributed by atoms with Gasteiger partial charge in [-0.25, -0.2) is 0 Å². The van der Waals surface area contributed by atoms with Crippen molar-refractivity contribution >= 4 is 18.0 Å². The lowest BCUT2D eigenvalue weighted by Crippen LogP contribution is -2.39. The van der Waals surface area contributed by atoms with E-state index in [0.29, 0.717) is 31.5 Å². The van der Waals surface area contributed by atoms with Crippen molar-refractivity contribution in [2.75, 3.05) is 20.2 Å². The number of rotatable bonds is 5. The van der Waals surface area contributed by atoms with Gasteiger partial charge in [-0.3, -0.25) is 9.59 Å². The van der Waals surface area contributed by atoms with E-state index in [1.165, 1.54) is 25.3 Å². The van der Waals surface area contributed by atoms with Crippen molar-refractivity contribution in [2.24, 2.45) is 5.92 Å². The average Bonchev–Trinajstić information content (AvgIpc) is 2.59. The number of methoxy groups -OCH3 is 1. The van der Waals surface area contributed by atoms with E-state index in [9.17, 15) is 18.4 Å². The second-order valence-corrected chi connectivity index (χ2v) is 5.37. The van der Waals surface area contributed by atoms with Crippen LogP contribution in [-0.2, 0) is 14.3 Å². The first kappa shape index (κ1) is 17.9. The van der Waals surface area contributed by atoms with E-state index in [-0.39, 0.29) is 23.5 Å². The Balaban J connectivity index is 1.96. The molecule has 1 aromatic rings. The highest BCUT2D eigenvalue weighted by Gasteiger charge is 2.27. The summed E-state index contributed by atoms with van der Waals surface area (Å²) in [6.45, 7) is -2.01. The minimum absolute atomic E-state index is 0.0148. The number of nitrogens with zero attached hydrogens (tertiary/aromatic N) is 1. The quantitative estimate of drug-likeness (QED) is 0.611. The average molecular weight is 339 g/mol. The van der Waals surface area contributed by atoms with Crippen LogP contribution in [0.5, 0.6) is 5.75 Å².